The monoisotopic (exact) mass is 516 g/mol. The molecule has 0 unspecified atom stereocenters. The van der Waals surface area contributed by atoms with Gasteiger partial charge in [0.1, 0.15) is 5.75 Å². The molecule has 190 valence electrons. The lowest BCUT2D eigenvalue weighted by molar-refractivity contribution is -0.139. The number of hydrogen-bond acceptors (Lipinski definition) is 5. The highest BCUT2D eigenvalue weighted by atomic mass is 32.2. The molecule has 3 aromatic rings. The minimum absolute atomic E-state index is 0.356. The third-order valence-electron chi connectivity index (χ3n) is 5.94. The fourth-order valence-electron chi connectivity index (χ4n) is 3.89. The van der Waals surface area contributed by atoms with Gasteiger partial charge in [-0.3, -0.25) is 0 Å². The maximum Gasteiger partial charge on any atom is 0.416 e. The van der Waals surface area contributed by atoms with Crippen LogP contribution in [-0.2, 0) is 17.4 Å². The average Bonchev–Trinajstić information content (AvgIpc) is 3.68. The largest absolute Gasteiger partial charge is 0.482 e. The zero-order chi connectivity index (χ0) is 25.7. The molecule has 1 aliphatic rings. The van der Waals surface area contributed by atoms with Gasteiger partial charge >= 0.3 is 12.1 Å². The number of ether oxygens (including phenoxy) is 1. The summed E-state index contributed by atoms with van der Waals surface area (Å²) in [6, 6.07) is 10.7. The number of aryl methyl sites for hydroxylation is 2. The van der Waals surface area contributed by atoms with E-state index in [1.807, 2.05) is 25.3 Å². The number of hydrogen-bond donors (Lipinski definition) is 1. The van der Waals surface area contributed by atoms with E-state index in [9.17, 15) is 18.0 Å². The summed E-state index contributed by atoms with van der Waals surface area (Å²) in [5, 5.41) is 8.75. The molecular formula is C27H27F3N2O3S. The highest BCUT2D eigenvalue weighted by molar-refractivity contribution is 7.99. The van der Waals surface area contributed by atoms with Crippen LogP contribution in [0.4, 0.5) is 13.2 Å². The van der Waals surface area contributed by atoms with Crippen LogP contribution in [0.3, 0.4) is 0 Å². The fraction of sp³-hybridized carbons (Fsp3) is 0.370. The summed E-state index contributed by atoms with van der Waals surface area (Å²) in [6.45, 7) is 1.54. The second kappa shape index (κ2) is 11.3. The number of carboxylic acids is 1. The predicted molar refractivity (Wildman–Crippen MR) is 132 cm³/mol. The Morgan fingerprint density at radius 1 is 1.14 bits per heavy atom. The first-order valence-electron chi connectivity index (χ1n) is 11.8. The molecule has 4 rings (SSSR count). The van der Waals surface area contributed by atoms with Crippen molar-refractivity contribution in [2.45, 2.75) is 56.0 Å². The maximum absolute atomic E-state index is 12.9. The van der Waals surface area contributed by atoms with E-state index < -0.39 is 17.7 Å². The molecule has 1 aliphatic carbocycles. The van der Waals surface area contributed by atoms with Gasteiger partial charge in [-0.05, 0) is 86.2 Å². The molecule has 1 aromatic heterocycles. The molecule has 1 fully saturated rings. The summed E-state index contributed by atoms with van der Waals surface area (Å²) in [6.07, 6.45) is 2.48. The smallest absolute Gasteiger partial charge is 0.416 e. The fourth-order valence-corrected chi connectivity index (χ4v) is 4.90. The normalized spacial score (nSPS) is 13.6. The highest BCUT2D eigenvalue weighted by Gasteiger charge is 2.31. The van der Waals surface area contributed by atoms with Crippen molar-refractivity contribution in [1.29, 1.82) is 0 Å². The van der Waals surface area contributed by atoms with Crippen molar-refractivity contribution < 1.29 is 27.8 Å². The van der Waals surface area contributed by atoms with Crippen LogP contribution in [0.2, 0.25) is 0 Å². The summed E-state index contributed by atoms with van der Waals surface area (Å²) < 4.78 is 43.8. The quantitative estimate of drug-likeness (QED) is 0.220. The van der Waals surface area contributed by atoms with E-state index >= 15 is 0 Å². The third-order valence-corrected chi connectivity index (χ3v) is 7.02. The van der Waals surface area contributed by atoms with Gasteiger partial charge in [0.2, 0.25) is 0 Å². The number of nitrogens with zero attached hydrogens (tertiary/aromatic N) is 2. The van der Waals surface area contributed by atoms with Gasteiger partial charge in [-0.1, -0.05) is 12.1 Å². The first-order valence-corrected chi connectivity index (χ1v) is 12.8. The number of aromatic nitrogens is 2. The van der Waals surface area contributed by atoms with Crippen molar-refractivity contribution >= 4 is 17.7 Å². The molecule has 0 saturated heterocycles. The molecular weight excluding hydrogens is 489 g/mol. The van der Waals surface area contributed by atoms with E-state index in [-0.39, 0.29) is 6.61 Å². The first-order chi connectivity index (χ1) is 17.2. The maximum atomic E-state index is 12.9. The molecule has 0 amide bonds. The zero-order valence-corrected chi connectivity index (χ0v) is 20.7. The Bertz CT molecular complexity index is 1210. The summed E-state index contributed by atoms with van der Waals surface area (Å²) >= 11 is 1.74. The molecule has 1 heterocycles. The van der Waals surface area contributed by atoms with E-state index in [1.165, 1.54) is 12.1 Å². The molecule has 5 nitrogen and oxygen atoms in total. The summed E-state index contributed by atoms with van der Waals surface area (Å²) in [4.78, 5) is 21.0. The van der Waals surface area contributed by atoms with Crippen LogP contribution in [0.15, 0.2) is 53.6 Å². The summed E-state index contributed by atoms with van der Waals surface area (Å²) in [7, 11) is 0. The van der Waals surface area contributed by atoms with Gasteiger partial charge in [-0.2, -0.15) is 13.2 Å². The molecule has 0 spiro atoms. The number of alkyl halides is 3. The Kier molecular flexibility index (Phi) is 8.18. The second-order valence-corrected chi connectivity index (χ2v) is 10.0. The van der Waals surface area contributed by atoms with Crippen molar-refractivity contribution in [3.05, 3.63) is 71.0 Å². The van der Waals surface area contributed by atoms with Gasteiger partial charge < -0.3 is 9.84 Å². The van der Waals surface area contributed by atoms with Crippen LogP contribution >= 0.6 is 11.8 Å². The van der Waals surface area contributed by atoms with Gasteiger partial charge in [-0.15, -0.1) is 11.8 Å². The van der Waals surface area contributed by atoms with Crippen LogP contribution in [-0.4, -0.2) is 33.4 Å². The topological polar surface area (TPSA) is 72.3 Å². The Morgan fingerprint density at radius 3 is 2.53 bits per heavy atom. The molecule has 9 heteroatoms. The van der Waals surface area contributed by atoms with Crippen molar-refractivity contribution in [2.24, 2.45) is 0 Å². The Labute approximate surface area is 212 Å². The standard InChI is InChI=1S/C27H27F3N2O3S/c1-17-14-22(11-12-23(17)35-16-24(33)34)36-13-3-2-4-20-15-31-26(32-25(20)18-5-6-18)19-7-9-21(10-8-19)27(28,29)30/h7-12,14-15,18H,2-6,13,16H2,1H3,(H,33,34). The number of thioether (sulfide) groups is 1. The molecule has 0 radical (unpaired) electrons. The highest BCUT2D eigenvalue weighted by Crippen LogP contribution is 2.41. The first kappa shape index (κ1) is 26.0. The van der Waals surface area contributed by atoms with Crippen molar-refractivity contribution in [2.75, 3.05) is 12.4 Å². The Hall–Kier alpha value is -3.07. The molecule has 2 aromatic carbocycles. The summed E-state index contributed by atoms with van der Waals surface area (Å²) in [5.41, 5.74) is 2.96. The molecule has 0 aliphatic heterocycles. The zero-order valence-electron chi connectivity index (χ0n) is 19.8. The molecule has 0 bridgehead atoms. The van der Waals surface area contributed by atoms with Crippen LogP contribution in [0.1, 0.15) is 54.0 Å². The Balaban J connectivity index is 1.31. The summed E-state index contributed by atoms with van der Waals surface area (Å²) in [5.74, 6) is 1.40. The van der Waals surface area contributed by atoms with Gasteiger partial charge in [0, 0.05) is 22.6 Å². The molecule has 1 N–H and O–H groups in total. The lowest BCUT2D eigenvalue weighted by atomic mass is 10.0. The van der Waals surface area contributed by atoms with Crippen LogP contribution < -0.4 is 4.74 Å². The van der Waals surface area contributed by atoms with E-state index in [4.69, 9.17) is 14.8 Å². The number of unbranched alkanes of at least 4 members (excludes halogenated alkanes) is 1. The third kappa shape index (κ3) is 7.00. The minimum atomic E-state index is -4.36. The lowest BCUT2D eigenvalue weighted by Gasteiger charge is -2.11. The molecule has 0 atom stereocenters. The second-order valence-electron chi connectivity index (χ2n) is 8.87. The lowest BCUT2D eigenvalue weighted by Crippen LogP contribution is -2.09. The van der Waals surface area contributed by atoms with E-state index in [0.29, 0.717) is 23.1 Å². The number of carboxylic acid groups (broad SMARTS) is 1. The minimum Gasteiger partial charge on any atom is -0.482 e. The van der Waals surface area contributed by atoms with E-state index in [1.54, 1.807) is 17.8 Å². The number of aliphatic carboxylic acids is 1. The Morgan fingerprint density at radius 2 is 1.89 bits per heavy atom. The van der Waals surface area contributed by atoms with Crippen molar-refractivity contribution in [3.63, 3.8) is 0 Å². The van der Waals surface area contributed by atoms with Crippen LogP contribution in [0, 0.1) is 6.92 Å². The average molecular weight is 517 g/mol. The number of halogens is 3. The van der Waals surface area contributed by atoms with Gasteiger partial charge in [0.25, 0.3) is 0 Å². The van der Waals surface area contributed by atoms with Gasteiger partial charge in [0.05, 0.1) is 11.3 Å². The predicted octanol–water partition coefficient (Wildman–Crippen LogP) is 6.93. The number of rotatable bonds is 11. The number of benzene rings is 2. The van der Waals surface area contributed by atoms with E-state index in [0.717, 1.165) is 71.7 Å². The number of carbonyl (C=O) groups is 1. The van der Waals surface area contributed by atoms with Gasteiger partial charge in [-0.25, -0.2) is 14.8 Å². The van der Waals surface area contributed by atoms with Crippen LogP contribution in [0.25, 0.3) is 11.4 Å². The van der Waals surface area contributed by atoms with Crippen LogP contribution in [0.5, 0.6) is 5.75 Å². The molecule has 36 heavy (non-hydrogen) atoms. The van der Waals surface area contributed by atoms with Gasteiger partial charge in [0.15, 0.2) is 12.4 Å². The van der Waals surface area contributed by atoms with Crippen molar-refractivity contribution in [1.82, 2.24) is 9.97 Å². The SMILES string of the molecule is Cc1cc(SCCCCc2cnc(-c3ccc(C(F)(F)F)cc3)nc2C2CC2)ccc1OCC(=O)O. The van der Waals surface area contributed by atoms with E-state index in [2.05, 4.69) is 4.98 Å². The molecule has 1 saturated carbocycles. The van der Waals surface area contributed by atoms with Crippen molar-refractivity contribution in [3.8, 4) is 17.1 Å².